The van der Waals surface area contributed by atoms with Gasteiger partial charge in [0.05, 0.1) is 7.11 Å². The summed E-state index contributed by atoms with van der Waals surface area (Å²) in [7, 11) is 1.61. The Morgan fingerprint density at radius 1 is 0.828 bits per heavy atom. The van der Waals surface area contributed by atoms with Crippen molar-refractivity contribution in [1.82, 2.24) is 5.32 Å². The predicted molar refractivity (Wildman–Crippen MR) is 112 cm³/mol. The smallest absolute Gasteiger partial charge is 0.258 e. The average molecular weight is 410 g/mol. The molecule has 0 aliphatic rings. The lowest BCUT2D eigenvalue weighted by atomic mass is 10.0. The summed E-state index contributed by atoms with van der Waals surface area (Å²) in [5.74, 6) is 0.936. The number of nitrogens with one attached hydrogen (secondary N) is 1. The maximum atomic E-state index is 12.4. The lowest BCUT2D eigenvalue weighted by Gasteiger charge is -2.09. The average Bonchev–Trinajstić information content (AvgIpc) is 2.77. The van der Waals surface area contributed by atoms with Crippen molar-refractivity contribution in [3.8, 4) is 11.5 Å². The second-order valence-electron chi connectivity index (χ2n) is 6.27. The van der Waals surface area contributed by atoms with E-state index in [9.17, 15) is 9.59 Å². The maximum Gasteiger partial charge on any atom is 0.258 e. The van der Waals surface area contributed by atoms with E-state index in [-0.39, 0.29) is 18.3 Å². The van der Waals surface area contributed by atoms with Crippen LogP contribution in [0.1, 0.15) is 21.5 Å². The summed E-state index contributed by atoms with van der Waals surface area (Å²) >= 11 is 5.85. The zero-order valence-corrected chi connectivity index (χ0v) is 16.6. The van der Waals surface area contributed by atoms with E-state index in [1.54, 1.807) is 55.6 Å². The van der Waals surface area contributed by atoms with Crippen molar-refractivity contribution in [2.45, 2.75) is 6.54 Å². The minimum Gasteiger partial charge on any atom is -0.497 e. The van der Waals surface area contributed by atoms with E-state index in [0.717, 1.165) is 11.3 Å². The summed E-state index contributed by atoms with van der Waals surface area (Å²) in [6.07, 6.45) is 0. The van der Waals surface area contributed by atoms with Gasteiger partial charge in [-0.05, 0) is 66.2 Å². The molecule has 0 aliphatic heterocycles. The number of carbonyl (C=O) groups excluding carboxylic acids is 2. The predicted octanol–water partition coefficient (Wildman–Crippen LogP) is 4.27. The molecule has 0 heterocycles. The fourth-order valence-electron chi connectivity index (χ4n) is 2.61. The molecule has 1 N–H and O–H groups in total. The van der Waals surface area contributed by atoms with Gasteiger partial charge in [-0.2, -0.15) is 0 Å². The van der Waals surface area contributed by atoms with Crippen molar-refractivity contribution in [2.24, 2.45) is 0 Å². The molecule has 0 bridgehead atoms. The highest BCUT2D eigenvalue weighted by atomic mass is 35.5. The number of carbonyl (C=O) groups is 2. The molecule has 0 spiro atoms. The van der Waals surface area contributed by atoms with Gasteiger partial charge >= 0.3 is 0 Å². The van der Waals surface area contributed by atoms with Gasteiger partial charge < -0.3 is 14.8 Å². The first-order valence-corrected chi connectivity index (χ1v) is 9.36. The van der Waals surface area contributed by atoms with Crippen LogP contribution in [0.4, 0.5) is 0 Å². The number of amides is 1. The second-order valence-corrected chi connectivity index (χ2v) is 6.71. The topological polar surface area (TPSA) is 64.6 Å². The molecule has 3 aromatic carbocycles. The molecule has 0 aromatic heterocycles. The number of benzene rings is 3. The molecule has 3 aromatic rings. The van der Waals surface area contributed by atoms with Crippen LogP contribution in [0.2, 0.25) is 5.02 Å². The Bertz CT molecular complexity index is 967. The van der Waals surface area contributed by atoms with Crippen LogP contribution in [0.3, 0.4) is 0 Å². The Labute approximate surface area is 174 Å². The Morgan fingerprint density at radius 2 is 1.38 bits per heavy atom. The molecule has 0 fully saturated rings. The first-order valence-electron chi connectivity index (χ1n) is 8.98. The maximum absolute atomic E-state index is 12.4. The van der Waals surface area contributed by atoms with E-state index in [2.05, 4.69) is 5.32 Å². The third-order valence-corrected chi connectivity index (χ3v) is 4.49. The van der Waals surface area contributed by atoms with Crippen LogP contribution in [0.25, 0.3) is 0 Å². The van der Waals surface area contributed by atoms with Crippen LogP contribution in [0, 0.1) is 0 Å². The van der Waals surface area contributed by atoms with Gasteiger partial charge in [-0.1, -0.05) is 23.7 Å². The van der Waals surface area contributed by atoms with Gasteiger partial charge in [0.1, 0.15) is 11.5 Å². The molecule has 0 saturated heterocycles. The van der Waals surface area contributed by atoms with E-state index in [1.165, 1.54) is 0 Å². The van der Waals surface area contributed by atoms with Gasteiger partial charge in [0.2, 0.25) is 0 Å². The highest BCUT2D eigenvalue weighted by Gasteiger charge is 2.09. The van der Waals surface area contributed by atoms with Crippen molar-refractivity contribution in [3.63, 3.8) is 0 Å². The Morgan fingerprint density at radius 3 is 1.97 bits per heavy atom. The van der Waals surface area contributed by atoms with Crippen LogP contribution in [0.5, 0.6) is 11.5 Å². The van der Waals surface area contributed by atoms with Gasteiger partial charge in [0.25, 0.3) is 5.91 Å². The van der Waals surface area contributed by atoms with Crippen LogP contribution in [0.15, 0.2) is 72.8 Å². The molecular weight excluding hydrogens is 390 g/mol. The Kier molecular flexibility index (Phi) is 6.87. The summed E-state index contributed by atoms with van der Waals surface area (Å²) in [5, 5.41) is 3.37. The molecule has 0 unspecified atom stereocenters. The highest BCUT2D eigenvalue weighted by Crippen LogP contribution is 2.17. The third kappa shape index (κ3) is 5.83. The first kappa shape index (κ1) is 20.4. The van der Waals surface area contributed by atoms with Gasteiger partial charge in [-0.25, -0.2) is 0 Å². The van der Waals surface area contributed by atoms with Gasteiger partial charge in [0.15, 0.2) is 12.4 Å². The van der Waals surface area contributed by atoms with E-state index < -0.39 is 0 Å². The summed E-state index contributed by atoms with van der Waals surface area (Å²) in [4.78, 5) is 24.4. The van der Waals surface area contributed by atoms with E-state index in [4.69, 9.17) is 21.1 Å². The van der Waals surface area contributed by atoms with Gasteiger partial charge in [-0.3, -0.25) is 9.59 Å². The van der Waals surface area contributed by atoms with Crippen molar-refractivity contribution in [3.05, 3.63) is 94.5 Å². The highest BCUT2D eigenvalue weighted by molar-refractivity contribution is 6.30. The molecular formula is C23H20ClNO4. The molecule has 0 aliphatic carbocycles. The molecule has 0 radical (unpaired) electrons. The standard InChI is InChI=1S/C23H20ClNO4/c1-28-20-10-2-16(3-11-20)14-25-22(26)15-29-21-12-6-18(7-13-21)23(27)17-4-8-19(24)9-5-17/h2-13H,14-15H2,1H3,(H,25,26). The largest absolute Gasteiger partial charge is 0.497 e. The van der Waals surface area contributed by atoms with Crippen LogP contribution in [-0.2, 0) is 11.3 Å². The third-order valence-electron chi connectivity index (χ3n) is 4.24. The Balaban J connectivity index is 1.48. The second kappa shape index (κ2) is 9.75. The molecule has 148 valence electrons. The quantitative estimate of drug-likeness (QED) is 0.564. The molecule has 5 nitrogen and oxygen atoms in total. The van der Waals surface area contributed by atoms with Crippen LogP contribution < -0.4 is 14.8 Å². The summed E-state index contributed by atoms with van der Waals surface area (Å²) in [5.41, 5.74) is 2.05. The lowest BCUT2D eigenvalue weighted by Crippen LogP contribution is -2.28. The fourth-order valence-corrected chi connectivity index (χ4v) is 2.74. The van der Waals surface area contributed by atoms with Gasteiger partial charge in [0, 0.05) is 22.7 Å². The van der Waals surface area contributed by atoms with E-state index in [1.807, 2.05) is 24.3 Å². The number of ether oxygens (including phenoxy) is 2. The minimum atomic E-state index is -0.234. The first-order chi connectivity index (χ1) is 14.0. The zero-order valence-electron chi connectivity index (χ0n) is 15.9. The summed E-state index contributed by atoms with van der Waals surface area (Å²) < 4.78 is 10.6. The lowest BCUT2D eigenvalue weighted by molar-refractivity contribution is -0.123. The molecule has 29 heavy (non-hydrogen) atoms. The Hall–Kier alpha value is -3.31. The number of rotatable bonds is 8. The normalized spacial score (nSPS) is 10.3. The van der Waals surface area contributed by atoms with Gasteiger partial charge in [-0.15, -0.1) is 0 Å². The number of methoxy groups -OCH3 is 1. The van der Waals surface area contributed by atoms with Crippen molar-refractivity contribution in [1.29, 1.82) is 0 Å². The van der Waals surface area contributed by atoms with Crippen molar-refractivity contribution >= 4 is 23.3 Å². The summed E-state index contributed by atoms with van der Waals surface area (Å²) in [6.45, 7) is 0.293. The van der Waals surface area contributed by atoms with Crippen molar-refractivity contribution in [2.75, 3.05) is 13.7 Å². The van der Waals surface area contributed by atoms with Crippen molar-refractivity contribution < 1.29 is 19.1 Å². The fraction of sp³-hybridized carbons (Fsp3) is 0.130. The van der Waals surface area contributed by atoms with E-state index >= 15 is 0 Å². The molecule has 6 heteroatoms. The molecule has 0 saturated carbocycles. The molecule has 0 atom stereocenters. The number of hydrogen-bond donors (Lipinski definition) is 1. The number of ketones is 1. The summed E-state index contributed by atoms with van der Waals surface area (Å²) in [6, 6.07) is 20.8. The minimum absolute atomic E-state index is 0.106. The van der Waals surface area contributed by atoms with Crippen LogP contribution in [-0.4, -0.2) is 25.4 Å². The SMILES string of the molecule is COc1ccc(CNC(=O)COc2ccc(C(=O)c3ccc(Cl)cc3)cc2)cc1. The number of hydrogen-bond acceptors (Lipinski definition) is 4. The zero-order chi connectivity index (χ0) is 20.6. The van der Waals surface area contributed by atoms with Crippen LogP contribution >= 0.6 is 11.6 Å². The monoisotopic (exact) mass is 409 g/mol. The van der Waals surface area contributed by atoms with E-state index in [0.29, 0.717) is 28.4 Å². The molecule has 3 rings (SSSR count). The molecule has 1 amide bonds. The number of halogens is 1.